The first-order chi connectivity index (χ1) is 7.44. The molecule has 0 aliphatic rings. The molecule has 0 saturated carbocycles. The highest BCUT2D eigenvalue weighted by atomic mass is 32.2. The van der Waals surface area contributed by atoms with Crippen molar-refractivity contribution in [1.82, 2.24) is 19.6 Å². The average molecular weight is 249 g/mol. The van der Waals surface area contributed by atoms with Gasteiger partial charge in [-0.15, -0.1) is 0 Å². The first-order valence-corrected chi connectivity index (χ1v) is 5.56. The maximum Gasteiger partial charge on any atom is 0.421 e. The van der Waals surface area contributed by atoms with Gasteiger partial charge in [-0.05, 0) is 0 Å². The molecule has 10 heteroatoms. The van der Waals surface area contributed by atoms with Crippen molar-refractivity contribution >= 4 is 22.1 Å². The van der Waals surface area contributed by atoms with Crippen LogP contribution in [-0.2, 0) is 21.5 Å². The van der Waals surface area contributed by atoms with Crippen LogP contribution in [0.1, 0.15) is 5.56 Å². The maximum absolute atomic E-state index is 11.2. The Morgan fingerprint density at radius 1 is 1.69 bits per heavy atom. The van der Waals surface area contributed by atoms with Crippen LogP contribution in [-0.4, -0.2) is 31.8 Å². The van der Waals surface area contributed by atoms with Crippen LogP contribution >= 0.6 is 0 Å². The minimum absolute atomic E-state index is 0.0886. The quantitative estimate of drug-likeness (QED) is 0.522. The van der Waals surface area contributed by atoms with Crippen LogP contribution in [0.15, 0.2) is 6.20 Å². The summed E-state index contributed by atoms with van der Waals surface area (Å²) in [4.78, 5) is 10.7. The van der Waals surface area contributed by atoms with E-state index in [0.29, 0.717) is 5.56 Å². The average Bonchev–Trinajstić information content (AvgIpc) is 2.60. The van der Waals surface area contributed by atoms with E-state index in [9.17, 15) is 13.2 Å². The number of nitrogens with one attached hydrogen (secondary N) is 3. The lowest BCUT2D eigenvalue weighted by molar-refractivity contribution is 0.177. The van der Waals surface area contributed by atoms with Gasteiger partial charge in [0.05, 0.1) is 13.3 Å². The van der Waals surface area contributed by atoms with Crippen LogP contribution in [0, 0.1) is 0 Å². The van der Waals surface area contributed by atoms with Crippen molar-refractivity contribution in [1.29, 1.82) is 0 Å². The van der Waals surface area contributed by atoms with Crippen molar-refractivity contribution in [3.05, 3.63) is 11.8 Å². The van der Waals surface area contributed by atoms with Crippen LogP contribution in [0.25, 0.3) is 0 Å². The fraction of sp³-hybridized carbons (Fsp3) is 0.333. The van der Waals surface area contributed by atoms with Crippen LogP contribution in [0.5, 0.6) is 0 Å². The molecule has 0 radical (unpaired) electrons. The fourth-order valence-electron chi connectivity index (χ4n) is 0.822. The molecule has 0 bridgehead atoms. The van der Waals surface area contributed by atoms with Crippen molar-refractivity contribution in [3.63, 3.8) is 0 Å². The summed E-state index contributed by atoms with van der Waals surface area (Å²) in [6, 6.07) is 0. The predicted molar refractivity (Wildman–Crippen MR) is 54.3 cm³/mol. The number of nitrogen functional groups attached to an aromatic ring is 1. The number of hydrogen-bond donors (Lipinski definition) is 4. The zero-order chi connectivity index (χ0) is 12.2. The van der Waals surface area contributed by atoms with E-state index in [0.717, 1.165) is 7.11 Å². The van der Waals surface area contributed by atoms with Gasteiger partial charge in [0.2, 0.25) is 0 Å². The summed E-state index contributed by atoms with van der Waals surface area (Å²) < 4.78 is 30.3. The van der Waals surface area contributed by atoms with E-state index in [4.69, 9.17) is 5.73 Å². The normalized spacial score (nSPS) is 11.1. The smallest absolute Gasteiger partial charge is 0.421 e. The SMILES string of the molecule is COC(=O)NS(=O)(=O)NCc1cn[nH]c1N. The van der Waals surface area contributed by atoms with Crippen molar-refractivity contribution in [3.8, 4) is 0 Å². The maximum atomic E-state index is 11.2. The topological polar surface area (TPSA) is 139 Å². The molecule has 1 aromatic rings. The van der Waals surface area contributed by atoms with Gasteiger partial charge in [0, 0.05) is 12.1 Å². The van der Waals surface area contributed by atoms with Gasteiger partial charge in [0.15, 0.2) is 0 Å². The Labute approximate surface area is 91.5 Å². The van der Waals surface area contributed by atoms with Gasteiger partial charge in [-0.2, -0.15) is 18.2 Å². The summed E-state index contributed by atoms with van der Waals surface area (Å²) >= 11 is 0. The Morgan fingerprint density at radius 3 is 2.88 bits per heavy atom. The molecular weight excluding hydrogens is 238 g/mol. The first kappa shape index (κ1) is 12.3. The lowest BCUT2D eigenvalue weighted by Crippen LogP contribution is -2.39. The molecule has 1 amide bonds. The number of carbonyl (C=O) groups excluding carboxylic acids is 1. The molecule has 0 fully saturated rings. The standard InChI is InChI=1S/C6H11N5O4S/c1-15-6(12)11-16(13,14)9-3-4-2-8-10-5(4)7/h2,9H,3H2,1H3,(H,11,12)(H3,7,8,10). The number of rotatable bonds is 4. The molecule has 5 N–H and O–H groups in total. The molecule has 16 heavy (non-hydrogen) atoms. The molecule has 0 aliphatic carbocycles. The summed E-state index contributed by atoms with van der Waals surface area (Å²) in [6.45, 7) is -0.0886. The minimum atomic E-state index is -3.96. The highest BCUT2D eigenvalue weighted by Crippen LogP contribution is 2.04. The highest BCUT2D eigenvalue weighted by Gasteiger charge is 2.14. The highest BCUT2D eigenvalue weighted by molar-refractivity contribution is 7.88. The zero-order valence-corrected chi connectivity index (χ0v) is 9.17. The number of nitrogens with zero attached hydrogens (tertiary/aromatic N) is 1. The van der Waals surface area contributed by atoms with Crippen molar-refractivity contribution in [2.24, 2.45) is 0 Å². The Bertz CT molecular complexity index is 467. The number of amides is 1. The monoisotopic (exact) mass is 249 g/mol. The molecule has 1 rings (SSSR count). The summed E-state index contributed by atoms with van der Waals surface area (Å²) in [7, 11) is -2.90. The summed E-state index contributed by atoms with van der Waals surface area (Å²) in [5.74, 6) is 0.251. The van der Waals surface area contributed by atoms with Gasteiger partial charge in [0.1, 0.15) is 5.82 Å². The molecule has 1 heterocycles. The van der Waals surface area contributed by atoms with Crippen molar-refractivity contribution in [2.45, 2.75) is 6.54 Å². The molecule has 1 aromatic heterocycles. The Balaban J connectivity index is 2.55. The van der Waals surface area contributed by atoms with Gasteiger partial charge < -0.3 is 10.5 Å². The fourth-order valence-corrected chi connectivity index (χ4v) is 1.54. The van der Waals surface area contributed by atoms with E-state index in [-0.39, 0.29) is 12.4 Å². The third kappa shape index (κ3) is 3.40. The largest absolute Gasteiger partial charge is 0.452 e. The first-order valence-electron chi connectivity index (χ1n) is 4.07. The molecule has 90 valence electrons. The summed E-state index contributed by atoms with van der Waals surface area (Å²) in [5, 5.41) is 6.04. The number of carbonyl (C=O) groups is 1. The molecule has 0 atom stereocenters. The van der Waals surface area contributed by atoms with E-state index < -0.39 is 16.3 Å². The number of H-pyrrole nitrogens is 1. The number of nitrogens with two attached hydrogens (primary N) is 1. The van der Waals surface area contributed by atoms with Crippen LogP contribution < -0.4 is 15.2 Å². The molecule has 0 aliphatic heterocycles. The van der Waals surface area contributed by atoms with E-state index in [1.807, 2.05) is 0 Å². The van der Waals surface area contributed by atoms with Gasteiger partial charge in [-0.25, -0.2) is 9.52 Å². The zero-order valence-electron chi connectivity index (χ0n) is 8.35. The van der Waals surface area contributed by atoms with Crippen molar-refractivity contribution in [2.75, 3.05) is 12.8 Å². The molecular formula is C6H11N5O4S. The Morgan fingerprint density at radius 2 is 2.38 bits per heavy atom. The van der Waals surface area contributed by atoms with Crippen LogP contribution in [0.2, 0.25) is 0 Å². The second kappa shape index (κ2) is 4.81. The third-order valence-electron chi connectivity index (χ3n) is 1.61. The van der Waals surface area contributed by atoms with E-state index in [1.54, 1.807) is 4.72 Å². The number of hydrogen-bond acceptors (Lipinski definition) is 6. The number of anilines is 1. The van der Waals surface area contributed by atoms with E-state index in [1.165, 1.54) is 6.20 Å². The molecule has 0 saturated heterocycles. The summed E-state index contributed by atoms with van der Waals surface area (Å²) in [5.41, 5.74) is 5.90. The molecule has 0 unspecified atom stereocenters. The van der Waals surface area contributed by atoms with Crippen LogP contribution in [0.4, 0.5) is 10.6 Å². The Hall–Kier alpha value is -1.81. The minimum Gasteiger partial charge on any atom is -0.452 e. The van der Waals surface area contributed by atoms with Gasteiger partial charge in [0.25, 0.3) is 0 Å². The third-order valence-corrected chi connectivity index (χ3v) is 2.57. The number of aromatic nitrogens is 2. The molecule has 0 aromatic carbocycles. The van der Waals surface area contributed by atoms with Crippen molar-refractivity contribution < 1.29 is 17.9 Å². The van der Waals surface area contributed by atoms with Crippen LogP contribution in [0.3, 0.4) is 0 Å². The lowest BCUT2D eigenvalue weighted by atomic mass is 10.3. The van der Waals surface area contributed by atoms with Gasteiger partial charge >= 0.3 is 16.3 Å². The number of methoxy groups -OCH3 is 1. The van der Waals surface area contributed by atoms with E-state index in [2.05, 4.69) is 19.7 Å². The molecule has 0 spiro atoms. The molecule has 9 nitrogen and oxygen atoms in total. The number of ether oxygens (including phenoxy) is 1. The lowest BCUT2D eigenvalue weighted by Gasteiger charge is -2.06. The van der Waals surface area contributed by atoms with Gasteiger partial charge in [-0.3, -0.25) is 5.10 Å². The Kier molecular flexibility index (Phi) is 3.68. The number of aromatic amines is 1. The predicted octanol–water partition coefficient (Wildman–Crippen LogP) is -1.32. The summed E-state index contributed by atoms with van der Waals surface area (Å²) in [6.07, 6.45) is 0.295. The second-order valence-electron chi connectivity index (χ2n) is 2.73. The van der Waals surface area contributed by atoms with E-state index >= 15 is 0 Å². The second-order valence-corrected chi connectivity index (χ2v) is 4.23. The van der Waals surface area contributed by atoms with Gasteiger partial charge in [-0.1, -0.05) is 0 Å².